The third kappa shape index (κ3) is 4.09. The van der Waals surface area contributed by atoms with Crippen LogP contribution in [-0.2, 0) is 6.54 Å². The van der Waals surface area contributed by atoms with Crippen molar-refractivity contribution in [3.63, 3.8) is 0 Å². The first-order valence-corrected chi connectivity index (χ1v) is 9.20. The van der Waals surface area contributed by atoms with Crippen molar-refractivity contribution in [2.24, 2.45) is 0 Å². The van der Waals surface area contributed by atoms with Gasteiger partial charge >= 0.3 is 0 Å². The molecule has 2 heterocycles. The van der Waals surface area contributed by atoms with Crippen molar-refractivity contribution in [2.75, 3.05) is 18.4 Å². The number of rotatable bonds is 5. The fourth-order valence-electron chi connectivity index (χ4n) is 2.78. The third-order valence-electron chi connectivity index (χ3n) is 3.96. The molecular weight excluding hydrogens is 344 g/mol. The molecule has 1 unspecified atom stereocenters. The van der Waals surface area contributed by atoms with Crippen molar-refractivity contribution in [3.8, 4) is 0 Å². The molecule has 0 spiro atoms. The van der Waals surface area contributed by atoms with Crippen LogP contribution in [0.3, 0.4) is 0 Å². The molecule has 0 aliphatic carbocycles. The lowest BCUT2D eigenvalue weighted by molar-refractivity contribution is 0.331. The highest BCUT2D eigenvalue weighted by molar-refractivity contribution is 9.10. The van der Waals surface area contributed by atoms with Gasteiger partial charge in [-0.1, -0.05) is 12.1 Å². The molecule has 0 saturated carbocycles. The number of thiophene rings is 1. The molecule has 1 aromatic heterocycles. The van der Waals surface area contributed by atoms with Crippen LogP contribution in [0.25, 0.3) is 0 Å². The molecule has 0 radical (unpaired) electrons. The van der Waals surface area contributed by atoms with Gasteiger partial charge in [0.05, 0.1) is 6.04 Å². The molecule has 21 heavy (non-hydrogen) atoms. The Morgan fingerprint density at radius 2 is 1.95 bits per heavy atom. The van der Waals surface area contributed by atoms with Gasteiger partial charge in [-0.3, -0.25) is 4.90 Å². The van der Waals surface area contributed by atoms with Crippen LogP contribution in [0.1, 0.15) is 36.2 Å². The highest BCUT2D eigenvalue weighted by Crippen LogP contribution is 2.28. The summed E-state index contributed by atoms with van der Waals surface area (Å²) in [6.07, 6.45) is 2.71. The van der Waals surface area contributed by atoms with Gasteiger partial charge in [0.15, 0.2) is 0 Å². The minimum atomic E-state index is 0.339. The summed E-state index contributed by atoms with van der Waals surface area (Å²) in [5, 5.41) is 5.70. The Bertz CT molecular complexity index is 573. The van der Waals surface area contributed by atoms with E-state index in [0.29, 0.717) is 6.04 Å². The van der Waals surface area contributed by atoms with Gasteiger partial charge in [-0.25, -0.2) is 0 Å². The smallest absolute Gasteiger partial charge is 0.0578 e. The zero-order valence-corrected chi connectivity index (χ0v) is 14.7. The van der Waals surface area contributed by atoms with Crippen LogP contribution in [-0.4, -0.2) is 18.0 Å². The van der Waals surface area contributed by atoms with Crippen molar-refractivity contribution < 1.29 is 0 Å². The first kappa shape index (κ1) is 15.1. The van der Waals surface area contributed by atoms with Gasteiger partial charge in [0.1, 0.15) is 0 Å². The van der Waals surface area contributed by atoms with Crippen molar-refractivity contribution in [1.82, 2.24) is 4.90 Å². The molecule has 2 nitrogen and oxygen atoms in total. The molecule has 1 aromatic carbocycles. The number of hydrogen-bond acceptors (Lipinski definition) is 3. The lowest BCUT2D eigenvalue weighted by Gasteiger charge is -2.16. The summed E-state index contributed by atoms with van der Waals surface area (Å²) in [5.74, 6) is 0. The van der Waals surface area contributed by atoms with Crippen LogP contribution in [0.5, 0.6) is 0 Å². The Labute approximate surface area is 139 Å². The molecule has 1 aliphatic rings. The molecule has 2 aromatic rings. The summed E-state index contributed by atoms with van der Waals surface area (Å²) < 4.78 is 1.16. The van der Waals surface area contributed by atoms with Crippen LogP contribution in [0.2, 0.25) is 0 Å². The minimum absolute atomic E-state index is 0.339. The van der Waals surface area contributed by atoms with Crippen LogP contribution >= 0.6 is 27.3 Å². The average Bonchev–Trinajstić information content (AvgIpc) is 3.12. The Hall–Kier alpha value is -0.840. The predicted octanol–water partition coefficient (Wildman–Crippen LogP) is 5.28. The Balaban J connectivity index is 1.58. The minimum Gasteiger partial charge on any atom is -0.378 e. The van der Waals surface area contributed by atoms with Gasteiger partial charge in [0.25, 0.3) is 0 Å². The Morgan fingerprint density at radius 3 is 2.57 bits per heavy atom. The largest absolute Gasteiger partial charge is 0.378 e. The molecule has 1 fully saturated rings. The maximum absolute atomic E-state index is 3.57. The van der Waals surface area contributed by atoms with Gasteiger partial charge in [-0.05, 0) is 72.5 Å². The van der Waals surface area contributed by atoms with Crippen LogP contribution in [0, 0.1) is 0 Å². The van der Waals surface area contributed by atoms with E-state index in [1.807, 2.05) is 0 Å². The monoisotopic (exact) mass is 364 g/mol. The highest BCUT2D eigenvalue weighted by atomic mass is 79.9. The van der Waals surface area contributed by atoms with Crippen molar-refractivity contribution >= 4 is 33.0 Å². The lowest BCUT2D eigenvalue weighted by Crippen LogP contribution is -2.18. The second-order valence-electron chi connectivity index (χ2n) is 5.71. The molecular formula is C17H21BrN2S. The SMILES string of the molecule is CC(Nc1ccc(CN2CCCC2)cc1)c1cc(Br)cs1. The standard InChI is InChI=1S/C17H21BrN2S/c1-13(17-10-15(18)12-21-17)19-16-6-4-14(5-7-16)11-20-8-2-3-9-20/h4-7,10,12-13,19H,2-3,8-9,11H2,1H3. The zero-order valence-electron chi connectivity index (χ0n) is 12.3. The Morgan fingerprint density at radius 1 is 1.24 bits per heavy atom. The maximum Gasteiger partial charge on any atom is 0.0578 e. The first-order chi connectivity index (χ1) is 10.2. The maximum atomic E-state index is 3.57. The van der Waals surface area contributed by atoms with E-state index >= 15 is 0 Å². The molecule has 3 rings (SSSR count). The van der Waals surface area contributed by atoms with Crippen molar-refractivity contribution in [1.29, 1.82) is 0 Å². The van der Waals surface area contributed by atoms with Crippen LogP contribution < -0.4 is 5.32 Å². The second kappa shape index (κ2) is 6.95. The number of nitrogens with zero attached hydrogens (tertiary/aromatic N) is 1. The van der Waals surface area contributed by atoms with Crippen molar-refractivity contribution in [2.45, 2.75) is 32.4 Å². The first-order valence-electron chi connectivity index (χ1n) is 7.52. The lowest BCUT2D eigenvalue weighted by atomic mass is 10.2. The molecule has 4 heteroatoms. The van der Waals surface area contributed by atoms with Crippen LogP contribution in [0.15, 0.2) is 40.2 Å². The molecule has 1 aliphatic heterocycles. The van der Waals surface area contributed by atoms with E-state index < -0.39 is 0 Å². The fourth-order valence-corrected chi connectivity index (χ4v) is 4.24. The zero-order chi connectivity index (χ0) is 14.7. The number of halogens is 1. The highest BCUT2D eigenvalue weighted by Gasteiger charge is 2.12. The predicted molar refractivity (Wildman–Crippen MR) is 95.0 cm³/mol. The number of anilines is 1. The molecule has 1 N–H and O–H groups in total. The van der Waals surface area contributed by atoms with Gasteiger partial charge in [0, 0.05) is 27.0 Å². The molecule has 1 atom stereocenters. The second-order valence-corrected chi connectivity index (χ2v) is 7.57. The molecule has 112 valence electrons. The summed E-state index contributed by atoms with van der Waals surface area (Å²) in [4.78, 5) is 3.89. The van der Waals surface area contributed by atoms with E-state index in [1.165, 1.54) is 42.1 Å². The topological polar surface area (TPSA) is 15.3 Å². The number of hydrogen-bond donors (Lipinski definition) is 1. The van der Waals surface area contributed by atoms with Gasteiger partial charge in [0.2, 0.25) is 0 Å². The van der Waals surface area contributed by atoms with Crippen LogP contribution in [0.4, 0.5) is 5.69 Å². The van der Waals surface area contributed by atoms with E-state index in [4.69, 9.17) is 0 Å². The molecule has 0 amide bonds. The summed E-state index contributed by atoms with van der Waals surface area (Å²) >= 11 is 5.30. The summed E-state index contributed by atoms with van der Waals surface area (Å²) in [5.41, 5.74) is 2.60. The van der Waals surface area contributed by atoms with Gasteiger partial charge < -0.3 is 5.32 Å². The van der Waals surface area contributed by atoms with E-state index in [0.717, 1.165) is 11.0 Å². The Kier molecular flexibility index (Phi) is 4.99. The number of benzene rings is 1. The third-order valence-corrected chi connectivity index (χ3v) is 5.83. The fraction of sp³-hybridized carbons (Fsp3) is 0.412. The van der Waals surface area contributed by atoms with E-state index in [1.54, 1.807) is 11.3 Å². The van der Waals surface area contributed by atoms with E-state index in [2.05, 4.69) is 68.8 Å². The molecule has 1 saturated heterocycles. The quantitative estimate of drug-likeness (QED) is 0.776. The summed E-state index contributed by atoms with van der Waals surface area (Å²) in [6.45, 7) is 5.80. The molecule has 0 bridgehead atoms. The summed E-state index contributed by atoms with van der Waals surface area (Å²) in [6, 6.07) is 11.4. The van der Waals surface area contributed by atoms with Gasteiger partial charge in [-0.15, -0.1) is 11.3 Å². The number of nitrogens with one attached hydrogen (secondary N) is 1. The normalized spacial score (nSPS) is 17.0. The average molecular weight is 365 g/mol. The number of likely N-dealkylation sites (tertiary alicyclic amines) is 1. The van der Waals surface area contributed by atoms with E-state index in [9.17, 15) is 0 Å². The van der Waals surface area contributed by atoms with Gasteiger partial charge in [-0.2, -0.15) is 0 Å². The van der Waals surface area contributed by atoms with Crippen molar-refractivity contribution in [3.05, 3.63) is 50.6 Å². The summed E-state index contributed by atoms with van der Waals surface area (Å²) in [7, 11) is 0. The van der Waals surface area contributed by atoms with E-state index in [-0.39, 0.29) is 0 Å².